The Morgan fingerprint density at radius 2 is 1.79 bits per heavy atom. The van der Waals surface area contributed by atoms with E-state index < -0.39 is 0 Å². The van der Waals surface area contributed by atoms with Crippen LogP contribution in [0.5, 0.6) is 0 Å². The molecule has 0 aliphatic carbocycles. The first kappa shape index (κ1) is 10.9. The summed E-state index contributed by atoms with van der Waals surface area (Å²) in [6.45, 7) is 2.22. The molecular weight excluding hydrogens is 168 g/mol. The number of unbranched alkanes of at least 4 members (excludes halogenated alkanes) is 3. The normalized spacial score (nSPS) is 9.21. The molecule has 0 N–H and O–H groups in total. The Kier molecular flexibility index (Phi) is 5.59. The molecule has 0 spiro atoms. The standard InChI is InChI=1S/C14H18/c1-2-3-4-5-6-8-11-14-12-9-7-10-13-14/h7,9-10,12-13H,2-5,11H2,1H3. The SMILES string of the molecule is CCCCCC#CCc1ccccc1. The highest BCUT2D eigenvalue weighted by atomic mass is 13.9. The molecule has 0 aliphatic heterocycles. The summed E-state index contributed by atoms with van der Waals surface area (Å²) >= 11 is 0. The van der Waals surface area contributed by atoms with Gasteiger partial charge in [0.1, 0.15) is 0 Å². The Morgan fingerprint density at radius 1 is 1.00 bits per heavy atom. The molecule has 0 aromatic heterocycles. The van der Waals surface area contributed by atoms with Crippen molar-refractivity contribution in [3.05, 3.63) is 35.9 Å². The Balaban J connectivity index is 2.20. The average Bonchev–Trinajstić information content (AvgIpc) is 2.25. The van der Waals surface area contributed by atoms with E-state index in [0.29, 0.717) is 0 Å². The van der Waals surface area contributed by atoms with E-state index in [2.05, 4.69) is 43.0 Å². The van der Waals surface area contributed by atoms with Crippen LogP contribution in [0.25, 0.3) is 0 Å². The summed E-state index contributed by atoms with van der Waals surface area (Å²) in [5, 5.41) is 0. The van der Waals surface area contributed by atoms with E-state index in [0.717, 1.165) is 12.8 Å². The third kappa shape index (κ3) is 4.72. The van der Waals surface area contributed by atoms with Gasteiger partial charge in [-0.15, -0.1) is 5.92 Å². The van der Waals surface area contributed by atoms with Gasteiger partial charge in [-0.05, 0) is 12.0 Å². The second-order valence-electron chi connectivity index (χ2n) is 3.47. The number of hydrogen-bond donors (Lipinski definition) is 0. The lowest BCUT2D eigenvalue weighted by Gasteiger charge is -1.92. The van der Waals surface area contributed by atoms with Crippen molar-refractivity contribution in [2.75, 3.05) is 0 Å². The molecule has 0 nitrogen and oxygen atoms in total. The van der Waals surface area contributed by atoms with Gasteiger partial charge >= 0.3 is 0 Å². The van der Waals surface area contributed by atoms with Gasteiger partial charge in [0.05, 0.1) is 0 Å². The lowest BCUT2D eigenvalue weighted by molar-refractivity contribution is 0.737. The van der Waals surface area contributed by atoms with Crippen LogP contribution in [0.1, 0.15) is 38.2 Å². The maximum Gasteiger partial charge on any atom is 0.0340 e. The molecule has 0 saturated heterocycles. The Bertz CT molecular complexity index is 287. The fourth-order valence-corrected chi connectivity index (χ4v) is 1.31. The van der Waals surface area contributed by atoms with Crippen molar-refractivity contribution in [3.63, 3.8) is 0 Å². The maximum atomic E-state index is 3.22. The smallest absolute Gasteiger partial charge is 0.0340 e. The van der Waals surface area contributed by atoms with Crippen LogP contribution in [0.3, 0.4) is 0 Å². The first-order valence-corrected chi connectivity index (χ1v) is 5.43. The van der Waals surface area contributed by atoms with Gasteiger partial charge in [-0.2, -0.15) is 0 Å². The molecule has 0 amide bonds. The third-order valence-electron chi connectivity index (χ3n) is 2.17. The minimum Gasteiger partial charge on any atom is -0.103 e. The molecule has 74 valence electrons. The first-order chi connectivity index (χ1) is 6.93. The zero-order valence-electron chi connectivity index (χ0n) is 8.92. The van der Waals surface area contributed by atoms with E-state index >= 15 is 0 Å². The van der Waals surface area contributed by atoms with E-state index in [1.807, 2.05) is 6.07 Å². The summed E-state index contributed by atoms with van der Waals surface area (Å²) in [5.74, 6) is 6.43. The molecule has 0 bridgehead atoms. The highest BCUT2D eigenvalue weighted by Gasteiger charge is 1.85. The van der Waals surface area contributed by atoms with Crippen molar-refractivity contribution >= 4 is 0 Å². The molecule has 1 aromatic rings. The van der Waals surface area contributed by atoms with E-state index in [4.69, 9.17) is 0 Å². The fourth-order valence-electron chi connectivity index (χ4n) is 1.31. The van der Waals surface area contributed by atoms with Crippen molar-refractivity contribution in [1.29, 1.82) is 0 Å². The predicted octanol–water partition coefficient (Wildman–Crippen LogP) is 3.81. The van der Waals surface area contributed by atoms with Crippen LogP contribution in [0, 0.1) is 11.8 Å². The fraction of sp³-hybridized carbons (Fsp3) is 0.429. The zero-order valence-corrected chi connectivity index (χ0v) is 8.92. The van der Waals surface area contributed by atoms with Crippen LogP contribution in [0.4, 0.5) is 0 Å². The minimum atomic E-state index is 0.896. The summed E-state index contributed by atoms with van der Waals surface area (Å²) in [4.78, 5) is 0. The molecule has 0 radical (unpaired) electrons. The highest BCUT2D eigenvalue weighted by molar-refractivity contribution is 5.20. The molecule has 14 heavy (non-hydrogen) atoms. The lowest BCUT2D eigenvalue weighted by Crippen LogP contribution is -1.79. The van der Waals surface area contributed by atoms with Gasteiger partial charge in [-0.1, -0.05) is 56.0 Å². The van der Waals surface area contributed by atoms with Gasteiger partial charge < -0.3 is 0 Å². The average molecular weight is 186 g/mol. The second kappa shape index (κ2) is 7.21. The van der Waals surface area contributed by atoms with Crippen molar-refractivity contribution < 1.29 is 0 Å². The number of benzene rings is 1. The summed E-state index contributed by atoms with van der Waals surface area (Å²) < 4.78 is 0. The first-order valence-electron chi connectivity index (χ1n) is 5.43. The zero-order chi connectivity index (χ0) is 10.1. The number of rotatable bonds is 4. The molecule has 1 rings (SSSR count). The van der Waals surface area contributed by atoms with Gasteiger partial charge in [0.2, 0.25) is 0 Å². The molecule has 0 unspecified atom stereocenters. The summed E-state index contributed by atoms with van der Waals surface area (Å²) in [6.07, 6.45) is 5.78. The quantitative estimate of drug-likeness (QED) is 0.495. The van der Waals surface area contributed by atoms with Crippen LogP contribution < -0.4 is 0 Å². The summed E-state index contributed by atoms with van der Waals surface area (Å²) in [7, 11) is 0. The van der Waals surface area contributed by atoms with Gasteiger partial charge in [0, 0.05) is 12.8 Å². The predicted molar refractivity (Wildman–Crippen MR) is 62.1 cm³/mol. The van der Waals surface area contributed by atoms with E-state index in [-0.39, 0.29) is 0 Å². The van der Waals surface area contributed by atoms with Crippen molar-refractivity contribution in [2.24, 2.45) is 0 Å². The Hall–Kier alpha value is -1.22. The molecule has 0 atom stereocenters. The molecule has 0 aliphatic rings. The van der Waals surface area contributed by atoms with E-state index in [9.17, 15) is 0 Å². The van der Waals surface area contributed by atoms with Gasteiger partial charge in [0.15, 0.2) is 0 Å². The monoisotopic (exact) mass is 186 g/mol. The molecule has 0 heterocycles. The Labute approximate surface area is 87.4 Å². The molecule has 1 aromatic carbocycles. The minimum absolute atomic E-state index is 0.896. The second-order valence-corrected chi connectivity index (χ2v) is 3.47. The van der Waals surface area contributed by atoms with Crippen LogP contribution in [0.15, 0.2) is 30.3 Å². The van der Waals surface area contributed by atoms with Crippen LogP contribution in [-0.4, -0.2) is 0 Å². The lowest BCUT2D eigenvalue weighted by atomic mass is 10.1. The van der Waals surface area contributed by atoms with Crippen LogP contribution in [0.2, 0.25) is 0 Å². The largest absolute Gasteiger partial charge is 0.103 e. The Morgan fingerprint density at radius 3 is 2.50 bits per heavy atom. The molecule has 0 heteroatoms. The molecule has 0 fully saturated rings. The van der Waals surface area contributed by atoms with E-state index in [1.54, 1.807) is 0 Å². The molecule has 0 saturated carbocycles. The van der Waals surface area contributed by atoms with Gasteiger partial charge in [-0.25, -0.2) is 0 Å². The maximum absolute atomic E-state index is 3.22. The van der Waals surface area contributed by atoms with Crippen molar-refractivity contribution in [2.45, 2.75) is 39.0 Å². The summed E-state index contributed by atoms with van der Waals surface area (Å²) in [6, 6.07) is 10.4. The topological polar surface area (TPSA) is 0 Å². The van der Waals surface area contributed by atoms with Crippen molar-refractivity contribution in [1.82, 2.24) is 0 Å². The van der Waals surface area contributed by atoms with E-state index in [1.165, 1.54) is 24.8 Å². The summed E-state index contributed by atoms with van der Waals surface area (Å²) in [5.41, 5.74) is 1.32. The molecular formula is C14H18. The third-order valence-corrected chi connectivity index (χ3v) is 2.17. The highest BCUT2D eigenvalue weighted by Crippen LogP contribution is 1.99. The van der Waals surface area contributed by atoms with Crippen LogP contribution >= 0.6 is 0 Å². The van der Waals surface area contributed by atoms with Gasteiger partial charge in [0.25, 0.3) is 0 Å². The number of hydrogen-bond acceptors (Lipinski definition) is 0. The van der Waals surface area contributed by atoms with Gasteiger partial charge in [-0.3, -0.25) is 0 Å². The van der Waals surface area contributed by atoms with Crippen LogP contribution in [-0.2, 0) is 6.42 Å². The van der Waals surface area contributed by atoms with Crippen molar-refractivity contribution in [3.8, 4) is 11.8 Å².